The molecular formula is C25H44O4S. The summed E-state index contributed by atoms with van der Waals surface area (Å²) in [4.78, 5) is 11.7. The van der Waals surface area contributed by atoms with Gasteiger partial charge in [-0.15, -0.1) is 11.3 Å². The molecule has 0 atom stereocenters. The fourth-order valence-corrected chi connectivity index (χ4v) is 4.41. The molecule has 30 heavy (non-hydrogen) atoms. The quantitative estimate of drug-likeness (QED) is 0.195. The summed E-state index contributed by atoms with van der Waals surface area (Å²) < 4.78 is 11.5. The number of rotatable bonds is 21. The van der Waals surface area contributed by atoms with Crippen LogP contribution in [0.3, 0.4) is 0 Å². The predicted octanol–water partition coefficient (Wildman–Crippen LogP) is 8.49. The molecule has 0 aliphatic rings. The van der Waals surface area contributed by atoms with Crippen LogP contribution in [-0.2, 0) is 0 Å². The van der Waals surface area contributed by atoms with E-state index in [9.17, 15) is 9.90 Å². The van der Waals surface area contributed by atoms with Gasteiger partial charge in [0.1, 0.15) is 5.75 Å². The van der Waals surface area contributed by atoms with E-state index in [0.29, 0.717) is 24.0 Å². The second-order valence-electron chi connectivity index (χ2n) is 8.21. The van der Waals surface area contributed by atoms with Gasteiger partial charge in [0.2, 0.25) is 0 Å². The van der Waals surface area contributed by atoms with E-state index in [0.717, 1.165) is 25.7 Å². The Morgan fingerprint density at radius 1 is 0.733 bits per heavy atom. The van der Waals surface area contributed by atoms with E-state index >= 15 is 0 Å². The Labute approximate surface area is 188 Å². The largest absolute Gasteiger partial charge is 0.492 e. The van der Waals surface area contributed by atoms with Crippen molar-refractivity contribution in [3.05, 3.63) is 10.9 Å². The van der Waals surface area contributed by atoms with E-state index in [1.54, 1.807) is 5.38 Å². The molecule has 0 saturated heterocycles. The molecule has 174 valence electrons. The molecule has 0 bridgehead atoms. The number of carboxylic acid groups (broad SMARTS) is 1. The number of hydrogen-bond donors (Lipinski definition) is 1. The molecule has 1 aromatic rings. The van der Waals surface area contributed by atoms with E-state index in [1.165, 1.54) is 88.4 Å². The second kappa shape index (κ2) is 18.5. The van der Waals surface area contributed by atoms with Gasteiger partial charge in [0.25, 0.3) is 0 Å². The molecule has 0 radical (unpaired) electrons. The number of thiophene rings is 1. The highest BCUT2D eigenvalue weighted by atomic mass is 32.1. The minimum absolute atomic E-state index is 0.194. The SMILES string of the molecule is CCCCCCCCCCOc1csc(OCCCCCCCCCC)c1C(=O)O. The van der Waals surface area contributed by atoms with Gasteiger partial charge in [0.05, 0.1) is 13.2 Å². The highest BCUT2D eigenvalue weighted by Crippen LogP contribution is 2.36. The number of carboxylic acids is 1. The molecule has 0 spiro atoms. The zero-order valence-corrected chi connectivity index (χ0v) is 20.2. The molecule has 0 saturated carbocycles. The summed E-state index contributed by atoms with van der Waals surface area (Å²) in [6.07, 6.45) is 19.8. The van der Waals surface area contributed by atoms with Crippen molar-refractivity contribution in [1.82, 2.24) is 0 Å². The van der Waals surface area contributed by atoms with Crippen LogP contribution in [0, 0.1) is 0 Å². The summed E-state index contributed by atoms with van der Waals surface area (Å²) in [6, 6.07) is 0. The molecule has 4 nitrogen and oxygen atoms in total. The van der Waals surface area contributed by atoms with Crippen LogP contribution in [0.25, 0.3) is 0 Å². The monoisotopic (exact) mass is 440 g/mol. The summed E-state index contributed by atoms with van der Waals surface area (Å²) >= 11 is 1.33. The lowest BCUT2D eigenvalue weighted by Gasteiger charge is -2.08. The van der Waals surface area contributed by atoms with E-state index in [4.69, 9.17) is 9.47 Å². The first-order chi connectivity index (χ1) is 14.7. The van der Waals surface area contributed by atoms with Gasteiger partial charge in [-0.2, -0.15) is 0 Å². The molecule has 0 aromatic carbocycles. The lowest BCUT2D eigenvalue weighted by molar-refractivity contribution is 0.0688. The Bertz CT molecular complexity index is 502. The van der Waals surface area contributed by atoms with Crippen molar-refractivity contribution in [2.75, 3.05) is 13.2 Å². The third-order valence-corrected chi connectivity index (χ3v) is 6.29. The van der Waals surface area contributed by atoms with E-state index in [2.05, 4.69) is 13.8 Å². The Morgan fingerprint density at radius 2 is 1.17 bits per heavy atom. The zero-order valence-electron chi connectivity index (χ0n) is 19.4. The van der Waals surface area contributed by atoms with Gasteiger partial charge in [0, 0.05) is 5.38 Å². The van der Waals surface area contributed by atoms with Crippen molar-refractivity contribution < 1.29 is 19.4 Å². The Kier molecular flexibility index (Phi) is 16.6. The first-order valence-electron chi connectivity index (χ1n) is 12.3. The molecule has 0 unspecified atom stereocenters. The van der Waals surface area contributed by atoms with Crippen molar-refractivity contribution in [1.29, 1.82) is 0 Å². The second-order valence-corrected chi connectivity index (χ2v) is 9.06. The van der Waals surface area contributed by atoms with Gasteiger partial charge in [-0.05, 0) is 12.8 Å². The Balaban J connectivity index is 2.20. The van der Waals surface area contributed by atoms with Crippen LogP contribution in [0.4, 0.5) is 0 Å². The van der Waals surface area contributed by atoms with Gasteiger partial charge >= 0.3 is 5.97 Å². The number of carbonyl (C=O) groups is 1. The smallest absolute Gasteiger partial charge is 0.344 e. The lowest BCUT2D eigenvalue weighted by Crippen LogP contribution is -2.05. The average molecular weight is 441 g/mol. The topological polar surface area (TPSA) is 55.8 Å². The molecule has 0 aliphatic carbocycles. The van der Waals surface area contributed by atoms with E-state index < -0.39 is 5.97 Å². The van der Waals surface area contributed by atoms with E-state index in [-0.39, 0.29) is 5.56 Å². The fourth-order valence-electron chi connectivity index (χ4n) is 3.55. The maximum Gasteiger partial charge on any atom is 0.344 e. The summed E-state index contributed by atoms with van der Waals surface area (Å²) in [5.41, 5.74) is 0.194. The first kappa shape index (κ1) is 26.8. The zero-order chi connectivity index (χ0) is 21.9. The van der Waals surface area contributed by atoms with Gasteiger partial charge < -0.3 is 14.6 Å². The Morgan fingerprint density at radius 3 is 1.63 bits per heavy atom. The number of hydrogen-bond acceptors (Lipinski definition) is 4. The molecular weight excluding hydrogens is 396 g/mol. The summed E-state index contributed by atoms with van der Waals surface area (Å²) in [5, 5.41) is 11.8. The third-order valence-electron chi connectivity index (χ3n) is 5.42. The highest BCUT2D eigenvalue weighted by molar-refractivity contribution is 7.12. The molecule has 0 amide bonds. The van der Waals surface area contributed by atoms with Gasteiger partial charge in [-0.1, -0.05) is 104 Å². The number of ether oxygens (including phenoxy) is 2. The van der Waals surface area contributed by atoms with Crippen LogP contribution in [0.5, 0.6) is 10.8 Å². The van der Waals surface area contributed by atoms with Crippen LogP contribution >= 0.6 is 11.3 Å². The highest BCUT2D eigenvalue weighted by Gasteiger charge is 2.21. The maximum absolute atomic E-state index is 11.7. The molecule has 1 rings (SSSR count). The van der Waals surface area contributed by atoms with Gasteiger partial charge in [-0.25, -0.2) is 4.79 Å². The average Bonchev–Trinajstić information content (AvgIpc) is 3.14. The minimum Gasteiger partial charge on any atom is -0.492 e. The van der Waals surface area contributed by atoms with Crippen molar-refractivity contribution in [2.45, 2.75) is 117 Å². The molecule has 1 heterocycles. The standard InChI is InChI=1S/C25H44O4S/c1-3-5-7-9-11-13-15-17-19-28-22-21-30-25(23(22)24(26)27)29-20-18-16-14-12-10-8-6-4-2/h21H,3-20H2,1-2H3,(H,26,27). The van der Waals surface area contributed by atoms with Crippen LogP contribution in [-0.4, -0.2) is 24.3 Å². The molecule has 1 N–H and O–H groups in total. The van der Waals surface area contributed by atoms with Crippen molar-refractivity contribution >= 4 is 17.3 Å². The Hall–Kier alpha value is -1.23. The third kappa shape index (κ3) is 12.5. The summed E-state index contributed by atoms with van der Waals surface area (Å²) in [7, 11) is 0. The first-order valence-corrected chi connectivity index (χ1v) is 13.2. The minimum atomic E-state index is -0.965. The lowest BCUT2D eigenvalue weighted by atomic mass is 10.1. The molecule has 0 fully saturated rings. The van der Waals surface area contributed by atoms with Crippen molar-refractivity contribution in [3.8, 4) is 10.8 Å². The van der Waals surface area contributed by atoms with Gasteiger partial charge in [0.15, 0.2) is 10.6 Å². The van der Waals surface area contributed by atoms with Crippen LogP contribution in [0.15, 0.2) is 5.38 Å². The van der Waals surface area contributed by atoms with Crippen LogP contribution in [0.2, 0.25) is 0 Å². The molecule has 5 heteroatoms. The summed E-state index contributed by atoms with van der Waals surface area (Å²) in [5.74, 6) is -0.505. The predicted molar refractivity (Wildman–Crippen MR) is 127 cm³/mol. The van der Waals surface area contributed by atoms with E-state index in [1.807, 2.05) is 0 Å². The normalized spacial score (nSPS) is 11.0. The fraction of sp³-hybridized carbons (Fsp3) is 0.800. The number of aromatic carboxylic acids is 1. The molecule has 0 aliphatic heterocycles. The maximum atomic E-state index is 11.7. The molecule has 1 aromatic heterocycles. The van der Waals surface area contributed by atoms with Gasteiger partial charge in [-0.3, -0.25) is 0 Å². The number of unbranched alkanes of at least 4 members (excludes halogenated alkanes) is 14. The van der Waals surface area contributed by atoms with Crippen molar-refractivity contribution in [3.63, 3.8) is 0 Å². The summed E-state index contributed by atoms with van der Waals surface area (Å²) in [6.45, 7) is 5.62. The van der Waals surface area contributed by atoms with Crippen LogP contribution in [0.1, 0.15) is 127 Å². The van der Waals surface area contributed by atoms with Crippen LogP contribution < -0.4 is 9.47 Å². The van der Waals surface area contributed by atoms with Crippen molar-refractivity contribution in [2.24, 2.45) is 0 Å².